The molecule has 1 aliphatic heterocycles. The fourth-order valence-electron chi connectivity index (χ4n) is 2.57. The molecular formula is C19H17N3O3. The third-order valence-electron chi connectivity index (χ3n) is 4.02. The number of esters is 1. The van der Waals surface area contributed by atoms with Crippen molar-refractivity contribution in [1.29, 1.82) is 5.26 Å². The number of benzene rings is 1. The van der Waals surface area contributed by atoms with E-state index in [1.54, 1.807) is 35.9 Å². The highest BCUT2D eigenvalue weighted by Crippen LogP contribution is 2.26. The Morgan fingerprint density at radius 2 is 2.16 bits per heavy atom. The summed E-state index contributed by atoms with van der Waals surface area (Å²) in [5.41, 5.74) is 2.97. The van der Waals surface area contributed by atoms with Crippen LogP contribution in [0.2, 0.25) is 0 Å². The van der Waals surface area contributed by atoms with E-state index in [-0.39, 0.29) is 11.6 Å². The van der Waals surface area contributed by atoms with Crippen molar-refractivity contribution in [3.05, 3.63) is 58.5 Å². The molecule has 2 aromatic rings. The van der Waals surface area contributed by atoms with Gasteiger partial charge >= 0.3 is 5.97 Å². The topological polar surface area (TPSA) is 76.6 Å². The number of nitriles is 1. The van der Waals surface area contributed by atoms with E-state index < -0.39 is 5.97 Å². The van der Waals surface area contributed by atoms with Crippen molar-refractivity contribution in [2.75, 3.05) is 6.61 Å². The van der Waals surface area contributed by atoms with Crippen molar-refractivity contribution in [3.8, 4) is 11.8 Å². The first-order valence-corrected chi connectivity index (χ1v) is 7.86. The minimum atomic E-state index is -0.525. The van der Waals surface area contributed by atoms with Crippen molar-refractivity contribution in [2.24, 2.45) is 12.0 Å². The molecule has 3 rings (SSSR count). The van der Waals surface area contributed by atoms with Gasteiger partial charge in [0, 0.05) is 12.7 Å². The maximum atomic E-state index is 12.2. The van der Waals surface area contributed by atoms with Gasteiger partial charge in [-0.3, -0.25) is 0 Å². The van der Waals surface area contributed by atoms with Crippen LogP contribution in [0.15, 0.2) is 41.0 Å². The Bertz CT molecular complexity index is 945. The van der Waals surface area contributed by atoms with Crippen LogP contribution < -0.4 is 4.74 Å². The second kappa shape index (κ2) is 6.65. The molecule has 0 saturated carbocycles. The zero-order chi connectivity index (χ0) is 18.0. The van der Waals surface area contributed by atoms with Gasteiger partial charge in [0.1, 0.15) is 17.5 Å². The van der Waals surface area contributed by atoms with Gasteiger partial charge < -0.3 is 14.0 Å². The number of nitrogens with zero attached hydrogens (tertiary/aromatic N) is 3. The Kier molecular flexibility index (Phi) is 4.40. The normalized spacial score (nSPS) is 15.0. The van der Waals surface area contributed by atoms with Crippen molar-refractivity contribution >= 4 is 17.9 Å². The molecule has 0 bridgehead atoms. The number of hydrogen-bond donors (Lipinski definition) is 0. The summed E-state index contributed by atoms with van der Waals surface area (Å²) in [5, 5.41) is 9.12. The number of carbonyl (C=O) groups is 1. The number of aliphatic imine (C=N–C) groups is 1. The lowest BCUT2D eigenvalue weighted by Gasteiger charge is -2.08. The van der Waals surface area contributed by atoms with Crippen LogP contribution in [0.1, 0.15) is 29.4 Å². The van der Waals surface area contributed by atoms with Gasteiger partial charge in [0.2, 0.25) is 5.90 Å². The molecule has 0 atom stereocenters. The lowest BCUT2D eigenvalue weighted by Crippen LogP contribution is -2.07. The van der Waals surface area contributed by atoms with E-state index in [0.29, 0.717) is 23.6 Å². The van der Waals surface area contributed by atoms with Gasteiger partial charge in [-0.05, 0) is 43.7 Å². The Morgan fingerprint density at radius 1 is 1.40 bits per heavy atom. The van der Waals surface area contributed by atoms with Crippen LogP contribution in [0.3, 0.4) is 0 Å². The Hall–Kier alpha value is -3.33. The molecule has 0 unspecified atom stereocenters. The van der Waals surface area contributed by atoms with Crippen LogP contribution in [0.25, 0.3) is 6.08 Å². The number of aromatic nitrogens is 1. The lowest BCUT2D eigenvalue weighted by atomic mass is 10.2. The van der Waals surface area contributed by atoms with E-state index in [1.165, 1.54) is 0 Å². The molecule has 0 amide bonds. The van der Waals surface area contributed by atoms with Gasteiger partial charge in [0.05, 0.1) is 12.2 Å². The fourth-order valence-corrected chi connectivity index (χ4v) is 2.57. The molecule has 0 radical (unpaired) electrons. The summed E-state index contributed by atoms with van der Waals surface area (Å²) in [6.07, 6.45) is 1.63. The van der Waals surface area contributed by atoms with Gasteiger partial charge in [-0.15, -0.1) is 0 Å². The van der Waals surface area contributed by atoms with E-state index in [0.717, 1.165) is 11.3 Å². The van der Waals surface area contributed by atoms with Crippen molar-refractivity contribution in [1.82, 2.24) is 4.57 Å². The monoisotopic (exact) mass is 335 g/mol. The van der Waals surface area contributed by atoms with Gasteiger partial charge in [-0.2, -0.15) is 5.26 Å². The van der Waals surface area contributed by atoms with Gasteiger partial charge in [0.15, 0.2) is 5.70 Å². The number of cyclic esters (lactones) is 1. The second-order valence-corrected chi connectivity index (χ2v) is 5.51. The third-order valence-corrected chi connectivity index (χ3v) is 4.02. The van der Waals surface area contributed by atoms with E-state index in [1.807, 2.05) is 26.0 Å². The summed E-state index contributed by atoms with van der Waals surface area (Å²) >= 11 is 0. The van der Waals surface area contributed by atoms with Crippen LogP contribution in [-0.4, -0.2) is 23.0 Å². The van der Waals surface area contributed by atoms with Crippen LogP contribution in [0.5, 0.6) is 5.75 Å². The number of hydrogen-bond acceptors (Lipinski definition) is 5. The highest BCUT2D eigenvalue weighted by atomic mass is 16.6. The quantitative estimate of drug-likeness (QED) is 0.636. The highest BCUT2D eigenvalue weighted by Gasteiger charge is 2.26. The molecule has 0 aliphatic carbocycles. The van der Waals surface area contributed by atoms with Crippen LogP contribution in [-0.2, 0) is 16.6 Å². The lowest BCUT2D eigenvalue weighted by molar-refractivity contribution is -0.129. The molecule has 1 aromatic carbocycles. The maximum Gasteiger partial charge on any atom is 0.363 e. The molecule has 1 aliphatic rings. The summed E-state index contributed by atoms with van der Waals surface area (Å²) in [4.78, 5) is 16.5. The average Bonchev–Trinajstić information content (AvgIpc) is 3.10. The predicted octanol–water partition coefficient (Wildman–Crippen LogP) is 2.95. The zero-order valence-electron chi connectivity index (χ0n) is 14.2. The van der Waals surface area contributed by atoms with Gasteiger partial charge in [-0.1, -0.05) is 12.1 Å². The molecule has 126 valence electrons. The maximum absolute atomic E-state index is 12.2. The van der Waals surface area contributed by atoms with E-state index in [2.05, 4.69) is 11.1 Å². The first-order chi connectivity index (χ1) is 12.0. The number of para-hydroxylation sites is 1. The largest absolute Gasteiger partial charge is 0.493 e. The van der Waals surface area contributed by atoms with Crippen molar-refractivity contribution < 1.29 is 14.3 Å². The predicted molar refractivity (Wildman–Crippen MR) is 93.1 cm³/mol. The third kappa shape index (κ3) is 3.04. The van der Waals surface area contributed by atoms with E-state index >= 15 is 0 Å². The second-order valence-electron chi connectivity index (χ2n) is 5.51. The van der Waals surface area contributed by atoms with Crippen LogP contribution in [0, 0.1) is 18.3 Å². The standard InChI is InChI=1S/C19H17N3O3/c1-4-24-17-8-6-5-7-15(17)18-21-16(19(23)25-18)10-13-9-14(11-20)22(3)12(13)2/h5-10H,4H2,1-3H3/b16-10+. The summed E-state index contributed by atoms with van der Waals surface area (Å²) in [7, 11) is 1.80. The first-order valence-electron chi connectivity index (χ1n) is 7.86. The molecule has 0 saturated heterocycles. The SMILES string of the molecule is CCOc1ccccc1C1=N/C(=C/c2cc(C#N)n(C)c2C)C(=O)O1. The molecular weight excluding hydrogens is 318 g/mol. The average molecular weight is 335 g/mol. The molecule has 2 heterocycles. The van der Waals surface area contributed by atoms with Gasteiger partial charge in [0.25, 0.3) is 0 Å². The molecule has 0 spiro atoms. The molecule has 0 N–H and O–H groups in total. The molecule has 0 fully saturated rings. The number of ether oxygens (including phenoxy) is 2. The molecule has 1 aromatic heterocycles. The summed E-state index contributed by atoms with van der Waals surface area (Å²) in [5.74, 6) is 0.304. The molecule has 25 heavy (non-hydrogen) atoms. The van der Waals surface area contributed by atoms with Gasteiger partial charge in [-0.25, -0.2) is 9.79 Å². The van der Waals surface area contributed by atoms with Crippen LogP contribution in [0.4, 0.5) is 0 Å². The van der Waals surface area contributed by atoms with E-state index in [4.69, 9.17) is 14.7 Å². The molecule has 6 heteroatoms. The number of rotatable bonds is 4. The summed E-state index contributed by atoms with van der Waals surface area (Å²) < 4.78 is 12.6. The van der Waals surface area contributed by atoms with Crippen LogP contribution >= 0.6 is 0 Å². The molecule has 6 nitrogen and oxygen atoms in total. The zero-order valence-corrected chi connectivity index (χ0v) is 14.2. The Labute approximate surface area is 145 Å². The minimum Gasteiger partial charge on any atom is -0.493 e. The Morgan fingerprint density at radius 3 is 2.84 bits per heavy atom. The minimum absolute atomic E-state index is 0.194. The number of carbonyl (C=O) groups excluding carboxylic acids is 1. The smallest absolute Gasteiger partial charge is 0.363 e. The fraction of sp³-hybridized carbons (Fsp3) is 0.211. The Balaban J connectivity index is 2.00. The summed E-state index contributed by atoms with van der Waals surface area (Å²) in [6, 6.07) is 11.1. The summed E-state index contributed by atoms with van der Waals surface area (Å²) in [6.45, 7) is 4.26. The first kappa shape index (κ1) is 16.5. The van der Waals surface area contributed by atoms with E-state index in [9.17, 15) is 4.79 Å². The highest BCUT2D eigenvalue weighted by molar-refractivity contribution is 6.13. The van der Waals surface area contributed by atoms with Crippen molar-refractivity contribution in [2.45, 2.75) is 13.8 Å². The van der Waals surface area contributed by atoms with Crippen molar-refractivity contribution in [3.63, 3.8) is 0 Å².